The van der Waals surface area contributed by atoms with E-state index in [1.54, 1.807) is 0 Å². The number of rotatable bonds is 2. The zero-order chi connectivity index (χ0) is 10.8. The van der Waals surface area contributed by atoms with E-state index in [2.05, 4.69) is 6.07 Å². The summed E-state index contributed by atoms with van der Waals surface area (Å²) in [7, 11) is 0. The predicted octanol–water partition coefficient (Wildman–Crippen LogP) is 3.39. The van der Waals surface area contributed by atoms with Gasteiger partial charge in [0.15, 0.2) is 0 Å². The second-order valence-corrected chi connectivity index (χ2v) is 4.46. The lowest BCUT2D eigenvalue weighted by Crippen LogP contribution is -2.01. The van der Waals surface area contributed by atoms with Crippen LogP contribution in [-0.2, 0) is 4.74 Å². The van der Waals surface area contributed by atoms with E-state index in [0.29, 0.717) is 11.5 Å². The van der Waals surface area contributed by atoms with Crippen LogP contribution in [0.3, 0.4) is 0 Å². The molecular formula is C12H12O2S. The Morgan fingerprint density at radius 3 is 2.93 bits per heavy atom. The maximum atomic E-state index is 11.5. The normalized spacial score (nSPS) is 10.5. The maximum Gasteiger partial charge on any atom is 0.348 e. The van der Waals surface area contributed by atoms with Crippen molar-refractivity contribution >= 4 is 27.4 Å². The first kappa shape index (κ1) is 10.2. The summed E-state index contributed by atoms with van der Waals surface area (Å²) in [5, 5.41) is 1.11. The summed E-state index contributed by atoms with van der Waals surface area (Å²) < 4.78 is 6.09. The first-order valence-electron chi connectivity index (χ1n) is 4.88. The molecule has 0 atom stereocenters. The van der Waals surface area contributed by atoms with Crippen molar-refractivity contribution in [2.45, 2.75) is 13.8 Å². The topological polar surface area (TPSA) is 26.3 Å². The van der Waals surface area contributed by atoms with Crippen LogP contribution >= 0.6 is 11.3 Å². The van der Waals surface area contributed by atoms with Crippen LogP contribution in [0.5, 0.6) is 0 Å². The average Bonchev–Trinajstić information content (AvgIpc) is 2.60. The molecule has 0 aliphatic carbocycles. The van der Waals surface area contributed by atoms with Gasteiger partial charge in [-0.1, -0.05) is 17.7 Å². The monoisotopic (exact) mass is 220 g/mol. The van der Waals surface area contributed by atoms with E-state index in [0.717, 1.165) is 10.1 Å². The molecule has 0 aliphatic rings. The number of carbonyl (C=O) groups is 1. The molecule has 0 bridgehead atoms. The zero-order valence-corrected chi connectivity index (χ0v) is 9.56. The van der Waals surface area contributed by atoms with Crippen molar-refractivity contribution in [1.29, 1.82) is 0 Å². The molecule has 1 aromatic heterocycles. The minimum absolute atomic E-state index is 0.226. The smallest absolute Gasteiger partial charge is 0.348 e. The second kappa shape index (κ2) is 4.03. The van der Waals surface area contributed by atoms with Crippen molar-refractivity contribution in [3.05, 3.63) is 34.7 Å². The van der Waals surface area contributed by atoms with E-state index >= 15 is 0 Å². The number of hydrogen-bond donors (Lipinski definition) is 0. The molecule has 0 amide bonds. The Morgan fingerprint density at radius 2 is 2.20 bits per heavy atom. The van der Waals surface area contributed by atoms with Crippen LogP contribution in [0.25, 0.3) is 10.1 Å². The predicted molar refractivity (Wildman–Crippen MR) is 62.5 cm³/mol. The van der Waals surface area contributed by atoms with Crippen LogP contribution in [0.15, 0.2) is 24.3 Å². The Balaban J connectivity index is 2.42. The summed E-state index contributed by atoms with van der Waals surface area (Å²) in [6.07, 6.45) is 0. The van der Waals surface area contributed by atoms with Crippen LogP contribution in [0.4, 0.5) is 0 Å². The van der Waals surface area contributed by atoms with E-state index in [9.17, 15) is 4.79 Å². The van der Waals surface area contributed by atoms with Crippen LogP contribution in [0.1, 0.15) is 22.2 Å². The van der Waals surface area contributed by atoms with Gasteiger partial charge in [0.1, 0.15) is 4.88 Å². The fourth-order valence-corrected chi connectivity index (χ4v) is 2.40. The molecule has 0 radical (unpaired) electrons. The molecular weight excluding hydrogens is 208 g/mol. The van der Waals surface area contributed by atoms with Gasteiger partial charge in [-0.25, -0.2) is 4.79 Å². The molecule has 2 rings (SSSR count). The minimum atomic E-state index is -0.226. The molecule has 1 heterocycles. The van der Waals surface area contributed by atoms with Gasteiger partial charge in [-0.15, -0.1) is 11.3 Å². The standard InChI is InChI=1S/C12H12O2S/c1-3-14-12(13)11-7-9-6-8(2)4-5-10(9)15-11/h4-7H,3H2,1-2H3. The lowest BCUT2D eigenvalue weighted by Gasteiger charge is -1.95. The van der Waals surface area contributed by atoms with Gasteiger partial charge >= 0.3 is 5.97 Å². The summed E-state index contributed by atoms with van der Waals surface area (Å²) in [5.41, 5.74) is 1.20. The molecule has 2 nitrogen and oxygen atoms in total. The van der Waals surface area contributed by atoms with Crippen molar-refractivity contribution in [2.75, 3.05) is 6.61 Å². The number of ether oxygens (including phenoxy) is 1. The molecule has 15 heavy (non-hydrogen) atoms. The van der Waals surface area contributed by atoms with Crippen LogP contribution < -0.4 is 0 Å². The highest BCUT2D eigenvalue weighted by atomic mass is 32.1. The lowest BCUT2D eigenvalue weighted by atomic mass is 10.2. The Morgan fingerprint density at radius 1 is 1.40 bits per heavy atom. The van der Waals surface area contributed by atoms with E-state index in [-0.39, 0.29) is 5.97 Å². The summed E-state index contributed by atoms with van der Waals surface area (Å²) in [4.78, 5) is 12.2. The van der Waals surface area contributed by atoms with E-state index in [1.807, 2.05) is 32.0 Å². The van der Waals surface area contributed by atoms with Crippen molar-refractivity contribution in [3.63, 3.8) is 0 Å². The molecule has 0 spiro atoms. The molecule has 0 fully saturated rings. The van der Waals surface area contributed by atoms with Crippen molar-refractivity contribution in [3.8, 4) is 0 Å². The van der Waals surface area contributed by atoms with Crippen molar-refractivity contribution in [2.24, 2.45) is 0 Å². The van der Waals surface area contributed by atoms with Gasteiger partial charge in [-0.2, -0.15) is 0 Å². The molecule has 0 unspecified atom stereocenters. The highest BCUT2D eigenvalue weighted by Gasteiger charge is 2.10. The van der Waals surface area contributed by atoms with Crippen LogP contribution in [-0.4, -0.2) is 12.6 Å². The average molecular weight is 220 g/mol. The number of esters is 1. The van der Waals surface area contributed by atoms with Gasteiger partial charge in [0.2, 0.25) is 0 Å². The quantitative estimate of drug-likeness (QED) is 0.725. The number of fused-ring (bicyclic) bond motifs is 1. The highest BCUT2D eigenvalue weighted by molar-refractivity contribution is 7.20. The van der Waals surface area contributed by atoms with Crippen molar-refractivity contribution < 1.29 is 9.53 Å². The molecule has 78 valence electrons. The largest absolute Gasteiger partial charge is 0.462 e. The molecule has 0 saturated carbocycles. The van der Waals surface area contributed by atoms with Crippen LogP contribution in [0.2, 0.25) is 0 Å². The van der Waals surface area contributed by atoms with E-state index in [4.69, 9.17) is 4.74 Å². The fraction of sp³-hybridized carbons (Fsp3) is 0.250. The third-order valence-electron chi connectivity index (χ3n) is 2.15. The Hall–Kier alpha value is -1.35. The first-order chi connectivity index (χ1) is 7.20. The first-order valence-corrected chi connectivity index (χ1v) is 5.69. The maximum absolute atomic E-state index is 11.5. The van der Waals surface area contributed by atoms with Gasteiger partial charge in [-0.3, -0.25) is 0 Å². The lowest BCUT2D eigenvalue weighted by molar-refractivity contribution is 0.0532. The number of benzene rings is 1. The van der Waals surface area contributed by atoms with Gasteiger partial charge in [0, 0.05) is 4.70 Å². The summed E-state index contributed by atoms with van der Waals surface area (Å²) in [5.74, 6) is -0.226. The summed E-state index contributed by atoms with van der Waals surface area (Å²) in [6.45, 7) is 4.28. The molecule has 0 N–H and O–H groups in total. The van der Waals surface area contributed by atoms with Gasteiger partial charge in [0.05, 0.1) is 6.61 Å². The third kappa shape index (κ3) is 2.02. The Labute approximate surface area is 92.5 Å². The van der Waals surface area contributed by atoms with Crippen LogP contribution in [0, 0.1) is 6.92 Å². The number of thiophene rings is 1. The summed E-state index contributed by atoms with van der Waals surface area (Å²) in [6, 6.07) is 8.06. The minimum Gasteiger partial charge on any atom is -0.462 e. The molecule has 0 saturated heterocycles. The Kier molecular flexibility index (Phi) is 2.73. The second-order valence-electron chi connectivity index (χ2n) is 3.37. The number of hydrogen-bond acceptors (Lipinski definition) is 3. The highest BCUT2D eigenvalue weighted by Crippen LogP contribution is 2.26. The van der Waals surface area contributed by atoms with Gasteiger partial charge < -0.3 is 4.74 Å². The summed E-state index contributed by atoms with van der Waals surface area (Å²) >= 11 is 1.48. The van der Waals surface area contributed by atoms with Gasteiger partial charge in [0.25, 0.3) is 0 Å². The number of aryl methyl sites for hydroxylation is 1. The van der Waals surface area contributed by atoms with Gasteiger partial charge in [-0.05, 0) is 31.4 Å². The number of carbonyl (C=O) groups excluding carboxylic acids is 1. The molecule has 3 heteroatoms. The fourth-order valence-electron chi connectivity index (χ4n) is 1.47. The Bertz CT molecular complexity index is 499. The SMILES string of the molecule is CCOC(=O)c1cc2cc(C)ccc2s1. The van der Waals surface area contributed by atoms with Crippen molar-refractivity contribution in [1.82, 2.24) is 0 Å². The molecule has 1 aromatic carbocycles. The third-order valence-corrected chi connectivity index (χ3v) is 3.24. The molecule has 2 aromatic rings. The van der Waals surface area contributed by atoms with E-state index in [1.165, 1.54) is 16.9 Å². The van der Waals surface area contributed by atoms with E-state index < -0.39 is 0 Å². The zero-order valence-electron chi connectivity index (χ0n) is 8.74. The molecule has 0 aliphatic heterocycles.